The van der Waals surface area contributed by atoms with Crippen LogP contribution in [0.5, 0.6) is 28.7 Å². The van der Waals surface area contributed by atoms with E-state index in [1.54, 1.807) is 0 Å². The molecule has 0 unspecified atom stereocenters. The van der Waals surface area contributed by atoms with Gasteiger partial charge in [0.15, 0.2) is 23.2 Å². The Morgan fingerprint density at radius 3 is 1.96 bits per heavy atom. The van der Waals surface area contributed by atoms with Crippen LogP contribution in [-0.2, 0) is 14.2 Å². The second-order valence-electron chi connectivity index (χ2n) is 10.6. The molecule has 2 aromatic carbocycles. The quantitative estimate of drug-likeness (QED) is 0.119. The predicted octanol–water partition coefficient (Wildman–Crippen LogP) is -2.11. The van der Waals surface area contributed by atoms with Gasteiger partial charge in [0.05, 0.1) is 27.4 Å². The molecule has 17 nitrogen and oxygen atoms in total. The van der Waals surface area contributed by atoms with Crippen LogP contribution in [0.3, 0.4) is 0 Å². The Labute approximate surface area is 259 Å². The van der Waals surface area contributed by atoms with Crippen molar-refractivity contribution < 1.29 is 78.8 Å². The number of hydrogen-bond donors (Lipinski definition) is 9. The lowest BCUT2D eigenvalue weighted by molar-refractivity contribution is -0.352. The Morgan fingerprint density at radius 1 is 0.739 bits per heavy atom. The van der Waals surface area contributed by atoms with Crippen molar-refractivity contribution in [3.63, 3.8) is 0 Å². The summed E-state index contributed by atoms with van der Waals surface area (Å²) >= 11 is 0. The van der Waals surface area contributed by atoms with Crippen molar-refractivity contribution >= 4 is 11.0 Å². The number of aromatic hydroxyl groups is 2. The average Bonchev–Trinajstić information content (AvgIpc) is 3.04. The number of ether oxygens (including phenoxy) is 6. The summed E-state index contributed by atoms with van der Waals surface area (Å²) in [6.07, 6.45) is -16.7. The maximum atomic E-state index is 13.0. The van der Waals surface area contributed by atoms with E-state index in [-0.39, 0.29) is 45.3 Å². The highest BCUT2D eigenvalue weighted by Crippen LogP contribution is 2.41. The molecule has 0 spiro atoms. The Kier molecular flexibility index (Phi) is 9.89. The normalized spacial score (nSPS) is 31.5. The standard InChI is InChI=1S/C29H34O17/c1-40-16-3-10(4-17(41-2)21(16)34)14-7-13(33)20-12(32)5-11(6-15(20)43-14)42-28-26(39)24(37)27(19(9-31)45-28)46-29-25(38)23(36)22(35)18(8-30)44-29/h3-7,18-19,22-32,34-39H,8-9H2,1-2H3/t18-,19-,22-,23+,24-,25-,26-,27-,28-,29-/m1/s1. The van der Waals surface area contributed by atoms with Crippen molar-refractivity contribution in [2.24, 2.45) is 0 Å². The van der Waals surface area contributed by atoms with Gasteiger partial charge in [-0.15, -0.1) is 0 Å². The maximum Gasteiger partial charge on any atom is 0.229 e. The van der Waals surface area contributed by atoms with Crippen LogP contribution >= 0.6 is 0 Å². The average molecular weight is 655 g/mol. The zero-order valence-corrected chi connectivity index (χ0v) is 24.4. The first kappa shape index (κ1) is 33.6. The molecular weight excluding hydrogens is 620 g/mol. The molecular formula is C29H34O17. The van der Waals surface area contributed by atoms with E-state index in [2.05, 4.69) is 0 Å². The van der Waals surface area contributed by atoms with Gasteiger partial charge in [0, 0.05) is 23.8 Å². The van der Waals surface area contributed by atoms with E-state index in [9.17, 15) is 50.8 Å². The van der Waals surface area contributed by atoms with Gasteiger partial charge in [-0.25, -0.2) is 0 Å². The summed E-state index contributed by atoms with van der Waals surface area (Å²) in [7, 11) is 2.64. The summed E-state index contributed by atoms with van der Waals surface area (Å²) in [5.74, 6) is -0.948. The lowest BCUT2D eigenvalue weighted by atomic mass is 9.97. The number of benzene rings is 2. The number of phenols is 2. The van der Waals surface area contributed by atoms with Crippen LogP contribution in [-0.4, -0.2) is 135 Å². The van der Waals surface area contributed by atoms with Gasteiger partial charge in [-0.2, -0.15) is 0 Å². The molecule has 0 saturated carbocycles. The van der Waals surface area contributed by atoms with Crippen LogP contribution in [0.15, 0.2) is 39.5 Å². The molecule has 0 amide bonds. The summed E-state index contributed by atoms with van der Waals surface area (Å²) in [6, 6.07) is 6.15. The zero-order chi connectivity index (χ0) is 33.4. The summed E-state index contributed by atoms with van der Waals surface area (Å²) in [5.41, 5.74) is -0.511. The number of rotatable bonds is 9. The van der Waals surface area contributed by atoms with Gasteiger partial charge in [-0.05, 0) is 12.1 Å². The van der Waals surface area contributed by atoms with Crippen molar-refractivity contribution in [1.29, 1.82) is 0 Å². The predicted molar refractivity (Wildman–Crippen MR) is 151 cm³/mol. The number of fused-ring (bicyclic) bond motifs is 1. The van der Waals surface area contributed by atoms with Gasteiger partial charge in [0.25, 0.3) is 0 Å². The topological polar surface area (TPSA) is 268 Å². The molecule has 252 valence electrons. The van der Waals surface area contributed by atoms with E-state index in [0.29, 0.717) is 0 Å². The summed E-state index contributed by atoms with van der Waals surface area (Å²) in [4.78, 5) is 13.0. The first-order valence-electron chi connectivity index (χ1n) is 13.9. The van der Waals surface area contributed by atoms with E-state index < -0.39 is 85.8 Å². The van der Waals surface area contributed by atoms with Gasteiger partial charge < -0.3 is 78.8 Å². The number of aliphatic hydroxyl groups excluding tert-OH is 7. The molecule has 2 saturated heterocycles. The molecule has 5 rings (SSSR count). The fourth-order valence-electron chi connectivity index (χ4n) is 5.28. The van der Waals surface area contributed by atoms with Crippen LogP contribution in [0.25, 0.3) is 22.3 Å². The molecule has 3 aromatic rings. The minimum absolute atomic E-state index is 0.00329. The third kappa shape index (κ3) is 6.17. The van der Waals surface area contributed by atoms with Gasteiger partial charge >= 0.3 is 0 Å². The molecule has 0 radical (unpaired) electrons. The number of hydrogen-bond acceptors (Lipinski definition) is 17. The molecule has 2 aliphatic rings. The lowest BCUT2D eigenvalue weighted by Gasteiger charge is -2.45. The van der Waals surface area contributed by atoms with Crippen molar-refractivity contribution in [3.8, 4) is 40.1 Å². The number of phenolic OH excluding ortho intramolecular Hbond substituents is 2. The fourth-order valence-corrected chi connectivity index (χ4v) is 5.28. The van der Waals surface area contributed by atoms with E-state index in [4.69, 9.17) is 32.8 Å². The van der Waals surface area contributed by atoms with Gasteiger partial charge in [-0.3, -0.25) is 4.79 Å². The van der Waals surface area contributed by atoms with Crippen molar-refractivity contribution in [2.45, 2.75) is 61.4 Å². The van der Waals surface area contributed by atoms with Crippen LogP contribution in [0.2, 0.25) is 0 Å². The van der Waals surface area contributed by atoms with Crippen LogP contribution in [0.4, 0.5) is 0 Å². The highest BCUT2D eigenvalue weighted by molar-refractivity contribution is 5.86. The van der Waals surface area contributed by atoms with E-state index in [1.807, 2.05) is 0 Å². The van der Waals surface area contributed by atoms with Crippen LogP contribution < -0.4 is 19.6 Å². The first-order valence-corrected chi connectivity index (χ1v) is 13.9. The highest BCUT2D eigenvalue weighted by Gasteiger charge is 2.51. The minimum atomic E-state index is -1.87. The third-order valence-corrected chi connectivity index (χ3v) is 7.76. The monoisotopic (exact) mass is 654 g/mol. The SMILES string of the molecule is COc1cc(-c2cc(=O)c3c(O)cc(O[C@@H]4O[C@H](CO)[C@@H](O[C@H]5O[C@H](CO)[C@@H](O)[C@H](O)[C@H]5O)[C@H](O)[C@H]4O)cc3o2)cc(OC)c1O. The molecule has 9 N–H and O–H groups in total. The summed E-state index contributed by atoms with van der Waals surface area (Å²) in [6.45, 7) is -1.54. The van der Waals surface area contributed by atoms with E-state index >= 15 is 0 Å². The van der Waals surface area contributed by atoms with E-state index in [1.165, 1.54) is 32.4 Å². The zero-order valence-electron chi connectivity index (χ0n) is 24.4. The Hall–Kier alpha value is -3.75. The molecule has 0 bridgehead atoms. The smallest absolute Gasteiger partial charge is 0.229 e. The minimum Gasteiger partial charge on any atom is -0.507 e. The molecule has 3 heterocycles. The highest BCUT2D eigenvalue weighted by atomic mass is 16.7. The van der Waals surface area contributed by atoms with Gasteiger partial charge in [-0.1, -0.05) is 0 Å². The fraction of sp³-hybridized carbons (Fsp3) is 0.483. The second-order valence-corrected chi connectivity index (χ2v) is 10.6. The number of methoxy groups -OCH3 is 2. The van der Waals surface area contributed by atoms with E-state index in [0.717, 1.165) is 12.1 Å². The second kappa shape index (κ2) is 13.5. The van der Waals surface area contributed by atoms with Crippen molar-refractivity contribution in [3.05, 3.63) is 40.6 Å². The Bertz CT molecular complexity index is 1560. The van der Waals surface area contributed by atoms with Crippen molar-refractivity contribution in [1.82, 2.24) is 0 Å². The molecule has 17 heteroatoms. The third-order valence-electron chi connectivity index (χ3n) is 7.76. The molecule has 0 aliphatic carbocycles. The molecule has 1 aromatic heterocycles. The largest absolute Gasteiger partial charge is 0.507 e. The van der Waals surface area contributed by atoms with Crippen LogP contribution in [0, 0.1) is 0 Å². The molecule has 46 heavy (non-hydrogen) atoms. The van der Waals surface area contributed by atoms with Crippen molar-refractivity contribution in [2.75, 3.05) is 27.4 Å². The Balaban J connectivity index is 1.40. The maximum absolute atomic E-state index is 13.0. The van der Waals surface area contributed by atoms with Crippen LogP contribution in [0.1, 0.15) is 0 Å². The van der Waals surface area contributed by atoms with Gasteiger partial charge in [0.2, 0.25) is 12.0 Å². The summed E-state index contributed by atoms with van der Waals surface area (Å²) in [5, 5.41) is 92.1. The molecule has 10 atom stereocenters. The number of aliphatic hydroxyl groups is 7. The Morgan fingerprint density at radius 2 is 1.35 bits per heavy atom. The lowest BCUT2D eigenvalue weighted by Crippen LogP contribution is -2.65. The summed E-state index contributed by atoms with van der Waals surface area (Å²) < 4.78 is 38.3. The molecule has 2 fully saturated rings. The first-order chi connectivity index (χ1) is 21.9. The van der Waals surface area contributed by atoms with Gasteiger partial charge in [0.1, 0.15) is 77.1 Å². The molecule has 2 aliphatic heterocycles.